The van der Waals surface area contributed by atoms with E-state index < -0.39 is 26.0 Å². The SMILES string of the molecule is Cc1cc(CO[Si](C)(C)C(C)(C)C)cc(F)c1-c1ncc(C(F)(F)F)[nH]1. The average Bonchev–Trinajstić information content (AvgIpc) is 2.93. The average molecular weight is 388 g/mol. The van der Waals surface area contributed by atoms with Gasteiger partial charge in [-0.05, 0) is 42.2 Å². The summed E-state index contributed by atoms with van der Waals surface area (Å²) in [5.41, 5.74) is 0.186. The highest BCUT2D eigenvalue weighted by atomic mass is 28.4. The number of imidazole rings is 1. The number of nitrogens with one attached hydrogen (secondary N) is 1. The molecule has 1 N–H and O–H groups in total. The third-order valence-corrected chi connectivity index (χ3v) is 9.35. The first kappa shape index (κ1) is 20.6. The van der Waals surface area contributed by atoms with Crippen molar-refractivity contribution >= 4 is 8.32 Å². The van der Waals surface area contributed by atoms with Crippen LogP contribution in [0.25, 0.3) is 11.4 Å². The number of aromatic amines is 1. The van der Waals surface area contributed by atoms with E-state index in [9.17, 15) is 17.6 Å². The van der Waals surface area contributed by atoms with Crippen molar-refractivity contribution in [1.82, 2.24) is 9.97 Å². The van der Waals surface area contributed by atoms with Crippen molar-refractivity contribution in [3.8, 4) is 11.4 Å². The van der Waals surface area contributed by atoms with E-state index in [4.69, 9.17) is 4.43 Å². The van der Waals surface area contributed by atoms with Crippen molar-refractivity contribution < 1.29 is 22.0 Å². The fourth-order valence-corrected chi connectivity index (χ4v) is 3.23. The highest BCUT2D eigenvalue weighted by molar-refractivity contribution is 6.74. The molecule has 2 rings (SSSR count). The molecule has 0 bridgehead atoms. The largest absolute Gasteiger partial charge is 0.432 e. The molecule has 8 heteroatoms. The second kappa shape index (κ2) is 6.81. The number of aryl methyl sites for hydroxylation is 1. The lowest BCUT2D eigenvalue weighted by Crippen LogP contribution is -2.40. The molecule has 0 aliphatic rings. The van der Waals surface area contributed by atoms with Gasteiger partial charge >= 0.3 is 6.18 Å². The van der Waals surface area contributed by atoms with Crippen molar-refractivity contribution in [3.05, 3.63) is 41.0 Å². The first-order valence-corrected chi connectivity index (χ1v) is 11.2. The van der Waals surface area contributed by atoms with Crippen LogP contribution in [0.5, 0.6) is 0 Å². The van der Waals surface area contributed by atoms with E-state index in [1.54, 1.807) is 13.0 Å². The van der Waals surface area contributed by atoms with Crippen LogP contribution in [0.2, 0.25) is 18.1 Å². The molecule has 0 spiro atoms. The van der Waals surface area contributed by atoms with Gasteiger partial charge in [0.2, 0.25) is 0 Å². The second-order valence-corrected chi connectivity index (χ2v) is 12.8. The molecule has 0 fully saturated rings. The Hall–Kier alpha value is -1.67. The van der Waals surface area contributed by atoms with E-state index in [-0.39, 0.29) is 23.0 Å². The molecule has 0 atom stereocenters. The van der Waals surface area contributed by atoms with E-state index in [0.29, 0.717) is 17.3 Å². The number of nitrogens with zero attached hydrogens (tertiary/aromatic N) is 1. The molecule has 1 aromatic heterocycles. The van der Waals surface area contributed by atoms with Crippen LogP contribution in [0, 0.1) is 12.7 Å². The van der Waals surface area contributed by atoms with Crippen molar-refractivity contribution in [2.24, 2.45) is 0 Å². The van der Waals surface area contributed by atoms with Crippen LogP contribution in [0.4, 0.5) is 17.6 Å². The number of halogens is 4. The Morgan fingerprint density at radius 1 is 1.15 bits per heavy atom. The predicted octanol–water partition coefficient (Wildman–Crippen LogP) is 6.06. The van der Waals surface area contributed by atoms with E-state index in [1.165, 1.54) is 6.07 Å². The van der Waals surface area contributed by atoms with Gasteiger partial charge in [0, 0.05) is 0 Å². The summed E-state index contributed by atoms with van der Waals surface area (Å²) in [7, 11) is -1.98. The molecule has 3 nitrogen and oxygen atoms in total. The number of hydrogen-bond donors (Lipinski definition) is 1. The molecule has 1 aromatic carbocycles. The molecule has 0 aliphatic carbocycles. The van der Waals surface area contributed by atoms with Crippen molar-refractivity contribution in [2.45, 2.75) is 58.6 Å². The summed E-state index contributed by atoms with van der Waals surface area (Å²) >= 11 is 0. The highest BCUT2D eigenvalue weighted by Gasteiger charge is 2.37. The van der Waals surface area contributed by atoms with Crippen LogP contribution in [0.15, 0.2) is 18.3 Å². The molecule has 1 heterocycles. The molecule has 26 heavy (non-hydrogen) atoms. The number of hydrogen-bond acceptors (Lipinski definition) is 2. The first-order valence-electron chi connectivity index (χ1n) is 8.28. The molecule has 144 valence electrons. The first-order chi connectivity index (χ1) is 11.7. The van der Waals surface area contributed by atoms with Crippen molar-refractivity contribution in [1.29, 1.82) is 0 Å². The Morgan fingerprint density at radius 3 is 2.23 bits per heavy atom. The van der Waals surface area contributed by atoms with Gasteiger partial charge < -0.3 is 9.41 Å². The highest BCUT2D eigenvalue weighted by Crippen LogP contribution is 2.37. The van der Waals surface area contributed by atoms with Crippen molar-refractivity contribution in [2.75, 3.05) is 0 Å². The Morgan fingerprint density at radius 2 is 1.77 bits per heavy atom. The van der Waals surface area contributed by atoms with Gasteiger partial charge in [0.1, 0.15) is 17.3 Å². The summed E-state index contributed by atoms with van der Waals surface area (Å²) in [5.74, 6) is -0.758. The summed E-state index contributed by atoms with van der Waals surface area (Å²) in [6.45, 7) is 12.5. The maximum absolute atomic E-state index is 14.6. The summed E-state index contributed by atoms with van der Waals surface area (Å²) in [4.78, 5) is 5.83. The number of benzene rings is 1. The van der Waals surface area contributed by atoms with E-state index >= 15 is 0 Å². The standard InChI is InChI=1S/C18H24F4N2OSi/c1-11-7-12(10-25-26(5,6)17(2,3)4)8-13(19)15(11)16-23-9-14(24-16)18(20,21)22/h7-9H,10H2,1-6H3,(H,23,24). The van der Waals surface area contributed by atoms with Crippen LogP contribution in [-0.2, 0) is 17.2 Å². The molecular formula is C18H24F4N2OSi. The zero-order valence-corrected chi connectivity index (χ0v) is 16.8. The zero-order valence-electron chi connectivity index (χ0n) is 15.8. The van der Waals surface area contributed by atoms with Gasteiger partial charge in [-0.2, -0.15) is 13.2 Å². The van der Waals surface area contributed by atoms with Gasteiger partial charge in [-0.3, -0.25) is 0 Å². The summed E-state index contributed by atoms with van der Waals surface area (Å²) < 4.78 is 58.8. The third-order valence-electron chi connectivity index (χ3n) is 4.87. The number of rotatable bonds is 4. The van der Waals surface area contributed by atoms with E-state index in [1.807, 2.05) is 0 Å². The smallest absolute Gasteiger partial charge is 0.413 e. The summed E-state index contributed by atoms with van der Waals surface area (Å²) in [6, 6.07) is 3.02. The van der Waals surface area contributed by atoms with Crippen LogP contribution in [0.3, 0.4) is 0 Å². The fraction of sp³-hybridized carbons (Fsp3) is 0.500. The van der Waals surface area contributed by atoms with Crippen LogP contribution < -0.4 is 0 Å². The monoisotopic (exact) mass is 388 g/mol. The lowest BCUT2D eigenvalue weighted by Gasteiger charge is -2.36. The Kier molecular flexibility index (Phi) is 5.40. The minimum Gasteiger partial charge on any atom is -0.413 e. The topological polar surface area (TPSA) is 37.9 Å². The summed E-state index contributed by atoms with van der Waals surface area (Å²) in [6.07, 6.45) is -3.88. The molecule has 0 amide bonds. The molecule has 0 saturated carbocycles. The molecule has 0 radical (unpaired) electrons. The lowest BCUT2D eigenvalue weighted by atomic mass is 10.0. The van der Waals surface area contributed by atoms with E-state index in [2.05, 4.69) is 43.8 Å². The third kappa shape index (κ3) is 4.35. The Labute approximate surface area is 151 Å². The van der Waals surface area contributed by atoms with Gasteiger partial charge in [0.05, 0.1) is 18.4 Å². The number of aromatic nitrogens is 2. The van der Waals surface area contributed by atoms with E-state index in [0.717, 1.165) is 0 Å². The minimum atomic E-state index is -4.55. The Balaban J connectivity index is 2.28. The van der Waals surface area contributed by atoms with Gasteiger partial charge in [-0.25, -0.2) is 9.37 Å². The predicted molar refractivity (Wildman–Crippen MR) is 95.7 cm³/mol. The van der Waals surface area contributed by atoms with Gasteiger partial charge in [0.25, 0.3) is 0 Å². The van der Waals surface area contributed by atoms with Crippen LogP contribution in [0.1, 0.15) is 37.6 Å². The van der Waals surface area contributed by atoms with Crippen LogP contribution in [-0.4, -0.2) is 18.3 Å². The molecule has 0 saturated heterocycles. The molecule has 0 aliphatic heterocycles. The van der Waals surface area contributed by atoms with Gasteiger partial charge in [-0.15, -0.1) is 0 Å². The summed E-state index contributed by atoms with van der Waals surface area (Å²) in [5, 5.41) is 0.0305. The fourth-order valence-electron chi connectivity index (χ4n) is 2.27. The van der Waals surface area contributed by atoms with Crippen molar-refractivity contribution in [3.63, 3.8) is 0 Å². The zero-order chi connectivity index (χ0) is 19.9. The van der Waals surface area contributed by atoms with Crippen LogP contribution >= 0.6 is 0 Å². The lowest BCUT2D eigenvalue weighted by molar-refractivity contribution is -0.140. The Bertz CT molecular complexity index is 768. The molecular weight excluding hydrogens is 364 g/mol. The van der Waals surface area contributed by atoms with Gasteiger partial charge in [0.15, 0.2) is 8.32 Å². The maximum Gasteiger partial charge on any atom is 0.432 e. The molecule has 0 unspecified atom stereocenters. The number of alkyl halides is 3. The molecule has 2 aromatic rings. The maximum atomic E-state index is 14.6. The van der Waals surface area contributed by atoms with Gasteiger partial charge in [-0.1, -0.05) is 26.8 Å². The second-order valence-electron chi connectivity index (χ2n) is 7.96. The minimum absolute atomic E-state index is 0.0305. The normalized spacial score (nSPS) is 13.3. The number of H-pyrrole nitrogens is 1. The quantitative estimate of drug-likeness (QED) is 0.510.